The molecule has 1 rings (SSSR count). The van der Waals surface area contributed by atoms with Crippen LogP contribution >= 0.6 is 38.5 Å². The largest absolute Gasteiger partial charge is 0.388 e. The molecule has 1 aromatic rings. The molecule has 0 aliphatic carbocycles. The molecule has 0 heterocycles. The molecule has 1 nitrogen and oxygen atoms in total. The van der Waals surface area contributed by atoms with E-state index in [-0.39, 0.29) is 6.10 Å². The van der Waals surface area contributed by atoms with Gasteiger partial charge in [-0.1, -0.05) is 50.7 Å². The van der Waals surface area contributed by atoms with Gasteiger partial charge in [0, 0.05) is 4.47 Å². The molecule has 3 heteroatoms. The molecule has 0 amide bonds. The third-order valence-corrected chi connectivity index (χ3v) is 3.16. The van der Waals surface area contributed by atoms with Crippen molar-refractivity contribution in [3.63, 3.8) is 0 Å². The van der Waals surface area contributed by atoms with Crippen molar-refractivity contribution in [2.45, 2.75) is 18.9 Å². The number of aliphatic hydroxyl groups is 1. The highest BCUT2D eigenvalue weighted by molar-refractivity contribution is 14.1. The molecule has 0 radical (unpaired) electrons. The molecule has 0 unspecified atom stereocenters. The van der Waals surface area contributed by atoms with Crippen LogP contribution in [0.5, 0.6) is 0 Å². The monoisotopic (exact) mass is 354 g/mol. The molecule has 0 bridgehead atoms. The summed E-state index contributed by atoms with van der Waals surface area (Å²) in [5.74, 6) is 0. The van der Waals surface area contributed by atoms with Gasteiger partial charge in [0.1, 0.15) is 0 Å². The first-order valence-corrected chi connectivity index (χ1v) is 6.55. The SMILES string of the molecule is O[C@@H](CCCI)c1ccc(Br)cc1. The van der Waals surface area contributed by atoms with Gasteiger partial charge in [0.15, 0.2) is 0 Å². The maximum atomic E-state index is 9.72. The van der Waals surface area contributed by atoms with E-state index in [0.29, 0.717) is 0 Å². The average molecular weight is 355 g/mol. The molecule has 0 saturated heterocycles. The Morgan fingerprint density at radius 1 is 1.31 bits per heavy atom. The first-order chi connectivity index (χ1) is 6.24. The fourth-order valence-corrected chi connectivity index (χ4v) is 1.83. The molecule has 0 spiro atoms. The van der Waals surface area contributed by atoms with Crippen LogP contribution in [0.3, 0.4) is 0 Å². The number of hydrogen-bond acceptors (Lipinski definition) is 1. The number of alkyl halides is 1. The highest BCUT2D eigenvalue weighted by Crippen LogP contribution is 2.20. The first kappa shape index (κ1) is 11.5. The molecule has 13 heavy (non-hydrogen) atoms. The predicted molar refractivity (Wildman–Crippen MR) is 67.2 cm³/mol. The van der Waals surface area contributed by atoms with Gasteiger partial charge in [-0.05, 0) is 35.0 Å². The number of rotatable bonds is 4. The second-order valence-corrected chi connectivity index (χ2v) is 4.89. The Balaban J connectivity index is 2.55. The van der Waals surface area contributed by atoms with Gasteiger partial charge in [-0.3, -0.25) is 0 Å². The summed E-state index contributed by atoms with van der Waals surface area (Å²) in [5.41, 5.74) is 1.01. The van der Waals surface area contributed by atoms with Crippen molar-refractivity contribution in [1.82, 2.24) is 0 Å². The predicted octanol–water partition coefficient (Wildman–Crippen LogP) is 3.70. The third-order valence-electron chi connectivity index (χ3n) is 1.87. The highest BCUT2D eigenvalue weighted by Gasteiger charge is 2.05. The lowest BCUT2D eigenvalue weighted by atomic mass is 10.1. The zero-order valence-corrected chi connectivity index (χ0v) is 11.0. The molecule has 1 aromatic carbocycles. The van der Waals surface area contributed by atoms with Gasteiger partial charge in [0.25, 0.3) is 0 Å². The molecule has 1 N–H and O–H groups in total. The minimum atomic E-state index is -0.303. The second-order valence-electron chi connectivity index (χ2n) is 2.90. The van der Waals surface area contributed by atoms with E-state index in [4.69, 9.17) is 0 Å². The summed E-state index contributed by atoms with van der Waals surface area (Å²) < 4.78 is 2.16. The van der Waals surface area contributed by atoms with Crippen molar-refractivity contribution in [2.24, 2.45) is 0 Å². The Hall–Kier alpha value is 0.390. The van der Waals surface area contributed by atoms with Crippen LogP contribution < -0.4 is 0 Å². The summed E-state index contributed by atoms with van der Waals surface area (Å²) >= 11 is 5.69. The lowest BCUT2D eigenvalue weighted by molar-refractivity contribution is 0.167. The average Bonchev–Trinajstić information content (AvgIpc) is 2.15. The van der Waals surface area contributed by atoms with Gasteiger partial charge in [0.2, 0.25) is 0 Å². The van der Waals surface area contributed by atoms with Gasteiger partial charge in [-0.2, -0.15) is 0 Å². The maximum Gasteiger partial charge on any atom is 0.0790 e. The summed E-state index contributed by atoms with van der Waals surface area (Å²) in [4.78, 5) is 0. The van der Waals surface area contributed by atoms with Gasteiger partial charge >= 0.3 is 0 Å². The molecular weight excluding hydrogens is 343 g/mol. The van der Waals surface area contributed by atoms with E-state index in [9.17, 15) is 5.11 Å². The minimum absolute atomic E-state index is 0.303. The Labute approximate surface area is 101 Å². The molecule has 0 aliphatic heterocycles. The summed E-state index contributed by atoms with van der Waals surface area (Å²) in [6.45, 7) is 0. The zero-order chi connectivity index (χ0) is 9.68. The summed E-state index contributed by atoms with van der Waals surface area (Å²) in [5, 5.41) is 9.72. The third kappa shape index (κ3) is 3.95. The second kappa shape index (κ2) is 5.98. The van der Waals surface area contributed by atoms with E-state index in [1.54, 1.807) is 0 Å². The van der Waals surface area contributed by atoms with E-state index in [2.05, 4.69) is 38.5 Å². The quantitative estimate of drug-likeness (QED) is 0.645. The van der Waals surface area contributed by atoms with Crippen LogP contribution in [-0.4, -0.2) is 9.53 Å². The smallest absolute Gasteiger partial charge is 0.0790 e. The molecular formula is C10H12BrIO. The van der Waals surface area contributed by atoms with Crippen molar-refractivity contribution < 1.29 is 5.11 Å². The summed E-state index contributed by atoms with van der Waals surface area (Å²) in [7, 11) is 0. The Morgan fingerprint density at radius 2 is 1.92 bits per heavy atom. The van der Waals surface area contributed by atoms with Crippen LogP contribution in [0, 0.1) is 0 Å². The van der Waals surface area contributed by atoms with E-state index in [1.807, 2.05) is 24.3 Å². The van der Waals surface area contributed by atoms with Crippen LogP contribution in [0.15, 0.2) is 28.7 Å². The van der Waals surface area contributed by atoms with Crippen LogP contribution in [-0.2, 0) is 0 Å². The van der Waals surface area contributed by atoms with Gasteiger partial charge in [-0.25, -0.2) is 0 Å². The number of benzene rings is 1. The van der Waals surface area contributed by atoms with Crippen LogP contribution in [0.25, 0.3) is 0 Å². The standard InChI is InChI=1S/C10H12BrIO/c11-9-5-3-8(4-6-9)10(13)2-1-7-12/h3-6,10,13H,1-2,7H2/t10-/m0/s1. The van der Waals surface area contributed by atoms with Crippen molar-refractivity contribution in [3.05, 3.63) is 34.3 Å². The minimum Gasteiger partial charge on any atom is -0.388 e. The van der Waals surface area contributed by atoms with Crippen molar-refractivity contribution in [1.29, 1.82) is 0 Å². The lowest BCUT2D eigenvalue weighted by Gasteiger charge is -2.09. The van der Waals surface area contributed by atoms with E-state index in [1.165, 1.54) is 0 Å². The van der Waals surface area contributed by atoms with Gasteiger partial charge in [0.05, 0.1) is 6.10 Å². The zero-order valence-electron chi connectivity index (χ0n) is 7.21. The normalized spacial score (nSPS) is 12.8. The molecule has 0 fully saturated rings. The Morgan fingerprint density at radius 3 is 2.46 bits per heavy atom. The number of halogens is 2. The van der Waals surface area contributed by atoms with E-state index < -0.39 is 0 Å². The molecule has 0 aromatic heterocycles. The maximum absolute atomic E-state index is 9.72. The number of aliphatic hydroxyl groups excluding tert-OH is 1. The molecule has 72 valence electrons. The highest BCUT2D eigenvalue weighted by atomic mass is 127. The van der Waals surface area contributed by atoms with Gasteiger partial charge in [-0.15, -0.1) is 0 Å². The number of hydrogen-bond donors (Lipinski definition) is 1. The topological polar surface area (TPSA) is 20.2 Å². The Kier molecular flexibility index (Phi) is 5.28. The first-order valence-electron chi connectivity index (χ1n) is 4.23. The molecule has 0 saturated carbocycles. The Bertz CT molecular complexity index is 248. The molecule has 1 atom stereocenters. The van der Waals surface area contributed by atoms with Gasteiger partial charge < -0.3 is 5.11 Å². The fraction of sp³-hybridized carbons (Fsp3) is 0.400. The van der Waals surface area contributed by atoms with Crippen molar-refractivity contribution >= 4 is 38.5 Å². The summed E-state index contributed by atoms with van der Waals surface area (Å²) in [6.07, 6.45) is 1.62. The van der Waals surface area contributed by atoms with E-state index >= 15 is 0 Å². The van der Waals surface area contributed by atoms with Crippen molar-refractivity contribution in [2.75, 3.05) is 4.43 Å². The summed E-state index contributed by atoms with van der Waals surface area (Å²) in [6, 6.07) is 7.84. The van der Waals surface area contributed by atoms with E-state index in [0.717, 1.165) is 27.3 Å². The molecule has 0 aliphatic rings. The van der Waals surface area contributed by atoms with Crippen LogP contribution in [0.1, 0.15) is 24.5 Å². The van der Waals surface area contributed by atoms with Crippen LogP contribution in [0.4, 0.5) is 0 Å². The van der Waals surface area contributed by atoms with Crippen molar-refractivity contribution in [3.8, 4) is 0 Å². The van der Waals surface area contributed by atoms with Crippen LogP contribution in [0.2, 0.25) is 0 Å². The fourth-order valence-electron chi connectivity index (χ4n) is 1.12. The lowest BCUT2D eigenvalue weighted by Crippen LogP contribution is -1.97.